The number of nitrogens with one attached hydrogen (secondary N) is 1. The van der Waals surface area contributed by atoms with Gasteiger partial charge in [0.15, 0.2) is 0 Å². The van der Waals surface area contributed by atoms with Crippen molar-refractivity contribution >= 4 is 21.8 Å². The Labute approximate surface area is 104 Å². The fraction of sp³-hybridized carbons (Fsp3) is 0.417. The Kier molecular flexibility index (Phi) is 4.80. The van der Waals surface area contributed by atoms with Gasteiger partial charge in [-0.05, 0) is 37.1 Å². The predicted octanol–water partition coefficient (Wildman–Crippen LogP) is 2.58. The zero-order valence-corrected chi connectivity index (χ0v) is 11.3. The Balaban J connectivity index is 2.58. The molecule has 0 spiro atoms. The van der Waals surface area contributed by atoms with E-state index in [2.05, 4.69) is 21.2 Å². The van der Waals surface area contributed by atoms with E-state index >= 15 is 0 Å². The third-order valence-corrected chi connectivity index (χ3v) is 3.54. The maximum absolute atomic E-state index is 11.0. The standard InChI is InChI=1S/C12H16BrNO2/c1-8-6-10(7-9(2)12(8)13)16-5-4-11(15)14-3/h6-7H,4-5H2,1-3H3,(H,14,15). The van der Waals surface area contributed by atoms with Crippen molar-refractivity contribution in [2.45, 2.75) is 20.3 Å². The third kappa shape index (κ3) is 3.52. The molecule has 0 bridgehead atoms. The minimum atomic E-state index is -0.00874. The first-order valence-corrected chi connectivity index (χ1v) is 5.94. The second-order valence-corrected chi connectivity index (χ2v) is 4.44. The van der Waals surface area contributed by atoms with E-state index in [1.54, 1.807) is 7.05 Å². The summed E-state index contributed by atoms with van der Waals surface area (Å²) in [6.07, 6.45) is 0.380. The zero-order valence-electron chi connectivity index (χ0n) is 9.76. The lowest BCUT2D eigenvalue weighted by Crippen LogP contribution is -2.20. The third-order valence-electron chi connectivity index (χ3n) is 2.29. The van der Waals surface area contributed by atoms with Crippen molar-refractivity contribution in [1.82, 2.24) is 5.32 Å². The van der Waals surface area contributed by atoms with Crippen LogP contribution in [0.4, 0.5) is 0 Å². The smallest absolute Gasteiger partial charge is 0.223 e. The molecule has 16 heavy (non-hydrogen) atoms. The van der Waals surface area contributed by atoms with E-state index in [-0.39, 0.29) is 5.91 Å². The summed E-state index contributed by atoms with van der Waals surface area (Å²) in [7, 11) is 1.62. The summed E-state index contributed by atoms with van der Waals surface area (Å²) >= 11 is 3.50. The highest BCUT2D eigenvalue weighted by Gasteiger charge is 2.04. The molecule has 0 heterocycles. The van der Waals surface area contributed by atoms with Gasteiger partial charge in [0.25, 0.3) is 0 Å². The fourth-order valence-corrected chi connectivity index (χ4v) is 1.61. The number of hydrogen-bond donors (Lipinski definition) is 1. The summed E-state index contributed by atoms with van der Waals surface area (Å²) in [5.74, 6) is 0.799. The highest BCUT2D eigenvalue weighted by molar-refractivity contribution is 9.10. The molecule has 1 amide bonds. The quantitative estimate of drug-likeness (QED) is 0.924. The van der Waals surface area contributed by atoms with E-state index in [0.717, 1.165) is 21.3 Å². The number of aryl methyl sites for hydroxylation is 2. The number of benzene rings is 1. The van der Waals surface area contributed by atoms with Gasteiger partial charge < -0.3 is 10.1 Å². The lowest BCUT2D eigenvalue weighted by Gasteiger charge is -2.09. The monoisotopic (exact) mass is 285 g/mol. The maximum atomic E-state index is 11.0. The van der Waals surface area contributed by atoms with Crippen molar-refractivity contribution in [2.24, 2.45) is 0 Å². The average molecular weight is 286 g/mol. The fourth-order valence-electron chi connectivity index (χ4n) is 1.38. The van der Waals surface area contributed by atoms with E-state index < -0.39 is 0 Å². The van der Waals surface area contributed by atoms with Gasteiger partial charge in [-0.25, -0.2) is 0 Å². The normalized spacial score (nSPS) is 10.0. The first-order valence-electron chi connectivity index (χ1n) is 5.14. The molecular weight excluding hydrogens is 270 g/mol. The van der Waals surface area contributed by atoms with Crippen molar-refractivity contribution in [3.63, 3.8) is 0 Å². The first-order chi connectivity index (χ1) is 7.54. The van der Waals surface area contributed by atoms with Crippen LogP contribution in [0.15, 0.2) is 16.6 Å². The molecule has 1 N–H and O–H groups in total. The molecule has 88 valence electrons. The van der Waals surface area contributed by atoms with Gasteiger partial charge in [0.1, 0.15) is 5.75 Å². The number of carbonyl (C=O) groups excluding carboxylic acids is 1. The summed E-state index contributed by atoms with van der Waals surface area (Å²) in [6.45, 7) is 4.44. The Morgan fingerprint density at radius 1 is 1.38 bits per heavy atom. The molecule has 0 aliphatic carbocycles. The number of amides is 1. The van der Waals surface area contributed by atoms with E-state index in [0.29, 0.717) is 13.0 Å². The van der Waals surface area contributed by atoms with Crippen LogP contribution in [0.5, 0.6) is 5.75 Å². The molecule has 0 saturated heterocycles. The van der Waals surface area contributed by atoms with Crippen molar-refractivity contribution in [2.75, 3.05) is 13.7 Å². The van der Waals surface area contributed by atoms with Crippen LogP contribution in [0.25, 0.3) is 0 Å². The molecule has 1 aromatic carbocycles. The molecular formula is C12H16BrNO2. The SMILES string of the molecule is CNC(=O)CCOc1cc(C)c(Br)c(C)c1. The average Bonchev–Trinajstić information content (AvgIpc) is 2.25. The van der Waals surface area contributed by atoms with Gasteiger partial charge in [0.2, 0.25) is 5.91 Å². The number of hydrogen-bond acceptors (Lipinski definition) is 2. The molecule has 0 atom stereocenters. The molecule has 0 aromatic heterocycles. The second kappa shape index (κ2) is 5.89. The highest BCUT2D eigenvalue weighted by Crippen LogP contribution is 2.26. The van der Waals surface area contributed by atoms with Gasteiger partial charge in [-0.15, -0.1) is 0 Å². The van der Waals surface area contributed by atoms with Crippen molar-refractivity contribution in [3.8, 4) is 5.75 Å². The van der Waals surface area contributed by atoms with Crippen LogP contribution in [-0.2, 0) is 4.79 Å². The summed E-state index contributed by atoms with van der Waals surface area (Å²) in [5.41, 5.74) is 2.27. The number of carbonyl (C=O) groups is 1. The lowest BCUT2D eigenvalue weighted by atomic mass is 10.1. The minimum absolute atomic E-state index is 0.00874. The summed E-state index contributed by atoms with van der Waals surface area (Å²) in [6, 6.07) is 3.92. The van der Waals surface area contributed by atoms with E-state index in [1.165, 1.54) is 0 Å². The molecule has 1 rings (SSSR count). The summed E-state index contributed by atoms with van der Waals surface area (Å²) in [4.78, 5) is 11.0. The molecule has 3 nitrogen and oxygen atoms in total. The largest absolute Gasteiger partial charge is 0.493 e. The van der Waals surface area contributed by atoms with Gasteiger partial charge in [-0.2, -0.15) is 0 Å². The Morgan fingerprint density at radius 3 is 2.44 bits per heavy atom. The van der Waals surface area contributed by atoms with Crippen LogP contribution in [0.1, 0.15) is 17.5 Å². The molecule has 0 aliphatic rings. The lowest BCUT2D eigenvalue weighted by molar-refractivity contribution is -0.121. The molecule has 0 fully saturated rings. The molecule has 0 saturated carbocycles. The predicted molar refractivity (Wildman–Crippen MR) is 67.8 cm³/mol. The van der Waals surface area contributed by atoms with Crippen LogP contribution in [0.2, 0.25) is 0 Å². The van der Waals surface area contributed by atoms with Crippen LogP contribution < -0.4 is 10.1 Å². The summed E-state index contributed by atoms with van der Waals surface area (Å²) < 4.78 is 6.62. The second-order valence-electron chi connectivity index (χ2n) is 3.64. The number of rotatable bonds is 4. The van der Waals surface area contributed by atoms with Crippen LogP contribution >= 0.6 is 15.9 Å². The zero-order chi connectivity index (χ0) is 12.1. The van der Waals surface area contributed by atoms with Gasteiger partial charge in [0.05, 0.1) is 13.0 Å². The van der Waals surface area contributed by atoms with Gasteiger partial charge in [-0.1, -0.05) is 15.9 Å². The van der Waals surface area contributed by atoms with Crippen LogP contribution in [0, 0.1) is 13.8 Å². The first kappa shape index (κ1) is 13.0. The van der Waals surface area contributed by atoms with Crippen molar-refractivity contribution < 1.29 is 9.53 Å². The van der Waals surface area contributed by atoms with E-state index in [9.17, 15) is 4.79 Å². The molecule has 4 heteroatoms. The molecule has 0 aliphatic heterocycles. The van der Waals surface area contributed by atoms with Gasteiger partial charge >= 0.3 is 0 Å². The molecule has 0 unspecified atom stereocenters. The summed E-state index contributed by atoms with van der Waals surface area (Å²) in [5, 5.41) is 2.56. The van der Waals surface area contributed by atoms with Crippen LogP contribution in [0.3, 0.4) is 0 Å². The van der Waals surface area contributed by atoms with Gasteiger partial charge in [-0.3, -0.25) is 4.79 Å². The van der Waals surface area contributed by atoms with Gasteiger partial charge in [0, 0.05) is 11.5 Å². The number of halogens is 1. The van der Waals surface area contributed by atoms with E-state index in [1.807, 2.05) is 26.0 Å². The van der Waals surface area contributed by atoms with Crippen molar-refractivity contribution in [3.05, 3.63) is 27.7 Å². The Bertz CT molecular complexity index is 368. The molecule has 1 aromatic rings. The maximum Gasteiger partial charge on any atom is 0.223 e. The topological polar surface area (TPSA) is 38.3 Å². The van der Waals surface area contributed by atoms with Crippen LogP contribution in [-0.4, -0.2) is 19.6 Å². The minimum Gasteiger partial charge on any atom is -0.493 e. The highest BCUT2D eigenvalue weighted by atomic mass is 79.9. The van der Waals surface area contributed by atoms with E-state index in [4.69, 9.17) is 4.74 Å². The Morgan fingerprint density at radius 2 is 1.94 bits per heavy atom. The molecule has 0 radical (unpaired) electrons. The Hall–Kier alpha value is -1.03. The number of ether oxygens (including phenoxy) is 1. The van der Waals surface area contributed by atoms with Crippen molar-refractivity contribution in [1.29, 1.82) is 0 Å².